The summed E-state index contributed by atoms with van der Waals surface area (Å²) in [7, 11) is 1.12. The van der Waals surface area contributed by atoms with E-state index in [4.69, 9.17) is 17.3 Å². The number of methoxy groups -OCH3 is 1. The SMILES string of the molecule is COC(=O)c1nc(-c2ccc(I)cc2F)c(F)c(N)c1Cl. The molecule has 0 aliphatic carbocycles. The first-order valence-electron chi connectivity index (χ1n) is 5.55. The molecular formula is C13H8ClF2IN2O2. The van der Waals surface area contributed by atoms with Gasteiger partial charge in [-0.25, -0.2) is 18.6 Å². The molecule has 8 heteroatoms. The second-order valence-corrected chi connectivity index (χ2v) is 5.59. The molecule has 2 N–H and O–H groups in total. The molecule has 0 fully saturated rings. The minimum atomic E-state index is -0.993. The molecule has 0 bridgehead atoms. The van der Waals surface area contributed by atoms with Crippen molar-refractivity contribution in [1.29, 1.82) is 0 Å². The van der Waals surface area contributed by atoms with E-state index in [9.17, 15) is 13.6 Å². The number of rotatable bonds is 2. The van der Waals surface area contributed by atoms with Crippen LogP contribution in [0, 0.1) is 15.2 Å². The van der Waals surface area contributed by atoms with Gasteiger partial charge in [-0.2, -0.15) is 0 Å². The average Bonchev–Trinajstić information content (AvgIpc) is 2.45. The molecule has 2 aromatic rings. The number of nitrogens with two attached hydrogens (primary N) is 1. The Morgan fingerprint density at radius 1 is 1.43 bits per heavy atom. The molecule has 0 unspecified atom stereocenters. The molecule has 1 aromatic heterocycles. The van der Waals surface area contributed by atoms with E-state index >= 15 is 0 Å². The van der Waals surface area contributed by atoms with Gasteiger partial charge in [0, 0.05) is 9.13 Å². The topological polar surface area (TPSA) is 65.2 Å². The quantitative estimate of drug-likeness (QED) is 0.590. The number of halogens is 4. The summed E-state index contributed by atoms with van der Waals surface area (Å²) in [5, 5.41) is -0.367. The fourth-order valence-electron chi connectivity index (χ4n) is 1.65. The average molecular weight is 425 g/mol. The standard InChI is InChI=1S/C13H8ClF2IN2O2/c1-21-13(20)12-8(14)10(18)9(16)11(19-12)6-3-2-5(17)4-7(6)15/h2-4H,1H3,(H2,18,19). The first kappa shape index (κ1) is 15.9. The van der Waals surface area contributed by atoms with Crippen molar-refractivity contribution in [1.82, 2.24) is 4.98 Å². The Labute approximate surface area is 137 Å². The van der Waals surface area contributed by atoms with E-state index in [-0.39, 0.29) is 16.3 Å². The van der Waals surface area contributed by atoms with Crippen LogP contribution in [0.1, 0.15) is 10.5 Å². The van der Waals surface area contributed by atoms with Crippen LogP contribution in [-0.4, -0.2) is 18.1 Å². The Balaban J connectivity index is 2.74. The van der Waals surface area contributed by atoms with Crippen LogP contribution in [0.25, 0.3) is 11.3 Å². The number of hydrogen-bond acceptors (Lipinski definition) is 4. The third kappa shape index (κ3) is 2.93. The zero-order valence-electron chi connectivity index (χ0n) is 10.6. The maximum Gasteiger partial charge on any atom is 0.358 e. The zero-order chi connectivity index (χ0) is 15.7. The predicted molar refractivity (Wildman–Crippen MR) is 83.1 cm³/mol. The van der Waals surface area contributed by atoms with Crippen LogP contribution < -0.4 is 5.73 Å². The van der Waals surface area contributed by atoms with Crippen LogP contribution in [0.4, 0.5) is 14.5 Å². The molecule has 1 aromatic carbocycles. The largest absolute Gasteiger partial charge is 0.464 e. The normalized spacial score (nSPS) is 10.5. The third-order valence-electron chi connectivity index (χ3n) is 2.68. The van der Waals surface area contributed by atoms with Crippen molar-refractivity contribution < 1.29 is 18.3 Å². The summed E-state index contributed by atoms with van der Waals surface area (Å²) in [4.78, 5) is 15.3. The Morgan fingerprint density at radius 3 is 2.67 bits per heavy atom. The minimum Gasteiger partial charge on any atom is -0.464 e. The lowest BCUT2D eigenvalue weighted by atomic mass is 10.1. The van der Waals surface area contributed by atoms with Crippen LogP contribution in [0.2, 0.25) is 5.02 Å². The Morgan fingerprint density at radius 2 is 2.10 bits per heavy atom. The number of carbonyl (C=O) groups is 1. The number of benzene rings is 1. The molecule has 0 atom stereocenters. The van der Waals surface area contributed by atoms with Gasteiger partial charge in [0.05, 0.1) is 17.8 Å². The second kappa shape index (κ2) is 6.10. The molecule has 0 aliphatic rings. The van der Waals surface area contributed by atoms with Gasteiger partial charge in [-0.3, -0.25) is 0 Å². The summed E-state index contributed by atoms with van der Waals surface area (Å²) < 4.78 is 33.3. The number of nitrogens with zero attached hydrogens (tertiary/aromatic N) is 1. The molecule has 0 saturated carbocycles. The van der Waals surface area contributed by atoms with E-state index in [1.165, 1.54) is 12.1 Å². The zero-order valence-corrected chi connectivity index (χ0v) is 13.5. The van der Waals surface area contributed by atoms with Gasteiger partial charge in [-0.05, 0) is 40.8 Å². The summed E-state index contributed by atoms with van der Waals surface area (Å²) in [6, 6.07) is 4.12. The van der Waals surface area contributed by atoms with Crippen molar-refractivity contribution >= 4 is 45.8 Å². The molecule has 0 spiro atoms. The highest BCUT2D eigenvalue weighted by atomic mass is 127. The third-order valence-corrected chi connectivity index (χ3v) is 3.73. The monoisotopic (exact) mass is 424 g/mol. The highest BCUT2D eigenvalue weighted by molar-refractivity contribution is 14.1. The highest BCUT2D eigenvalue weighted by Gasteiger charge is 2.24. The number of pyridine rings is 1. The number of ether oxygens (including phenoxy) is 1. The fourth-order valence-corrected chi connectivity index (χ4v) is 2.31. The molecule has 21 heavy (non-hydrogen) atoms. The molecular weight excluding hydrogens is 417 g/mol. The van der Waals surface area contributed by atoms with Crippen molar-refractivity contribution in [2.75, 3.05) is 12.8 Å². The number of aromatic nitrogens is 1. The van der Waals surface area contributed by atoms with E-state index in [0.717, 1.165) is 7.11 Å². The van der Waals surface area contributed by atoms with E-state index < -0.39 is 29.0 Å². The number of hydrogen-bond donors (Lipinski definition) is 1. The van der Waals surface area contributed by atoms with E-state index in [0.29, 0.717) is 3.57 Å². The molecule has 4 nitrogen and oxygen atoms in total. The lowest BCUT2D eigenvalue weighted by Crippen LogP contribution is -2.10. The maximum atomic E-state index is 14.2. The maximum absolute atomic E-state index is 14.2. The lowest BCUT2D eigenvalue weighted by Gasteiger charge is -2.11. The van der Waals surface area contributed by atoms with Crippen molar-refractivity contribution in [2.24, 2.45) is 0 Å². The predicted octanol–water partition coefficient (Wildman–Crippen LogP) is 3.65. The van der Waals surface area contributed by atoms with Gasteiger partial charge in [0.2, 0.25) is 0 Å². The van der Waals surface area contributed by atoms with Crippen molar-refractivity contribution in [3.8, 4) is 11.3 Å². The van der Waals surface area contributed by atoms with Gasteiger partial charge in [0.15, 0.2) is 11.5 Å². The van der Waals surface area contributed by atoms with Gasteiger partial charge in [-0.15, -0.1) is 0 Å². The van der Waals surface area contributed by atoms with Crippen LogP contribution >= 0.6 is 34.2 Å². The van der Waals surface area contributed by atoms with E-state index in [1.54, 1.807) is 6.07 Å². The molecule has 2 rings (SSSR count). The molecule has 110 valence electrons. The second-order valence-electron chi connectivity index (χ2n) is 3.97. The summed E-state index contributed by atoms with van der Waals surface area (Å²) in [6.07, 6.45) is 0. The Kier molecular flexibility index (Phi) is 4.62. The minimum absolute atomic E-state index is 0.124. The van der Waals surface area contributed by atoms with E-state index in [1.807, 2.05) is 22.6 Å². The van der Waals surface area contributed by atoms with E-state index in [2.05, 4.69) is 9.72 Å². The molecule has 0 aliphatic heterocycles. The summed E-state index contributed by atoms with van der Waals surface area (Å²) in [5.41, 5.74) is 4.14. The molecule has 0 saturated heterocycles. The summed E-state index contributed by atoms with van der Waals surface area (Å²) >= 11 is 7.68. The van der Waals surface area contributed by atoms with Crippen molar-refractivity contribution in [3.63, 3.8) is 0 Å². The lowest BCUT2D eigenvalue weighted by molar-refractivity contribution is 0.0594. The molecule has 0 amide bonds. The Hall–Kier alpha value is -1.48. The highest BCUT2D eigenvalue weighted by Crippen LogP contribution is 2.33. The van der Waals surface area contributed by atoms with Gasteiger partial charge >= 0.3 is 5.97 Å². The van der Waals surface area contributed by atoms with Gasteiger partial charge in [0.1, 0.15) is 11.5 Å². The molecule has 1 heterocycles. The number of carbonyl (C=O) groups excluding carboxylic acids is 1. The van der Waals surface area contributed by atoms with Gasteiger partial charge in [0.25, 0.3) is 0 Å². The fraction of sp³-hybridized carbons (Fsp3) is 0.0769. The van der Waals surface area contributed by atoms with Crippen LogP contribution in [-0.2, 0) is 4.74 Å². The van der Waals surface area contributed by atoms with Crippen LogP contribution in [0.5, 0.6) is 0 Å². The first-order valence-corrected chi connectivity index (χ1v) is 7.00. The number of nitrogen functional groups attached to an aromatic ring is 1. The first-order chi connectivity index (χ1) is 9.86. The van der Waals surface area contributed by atoms with Crippen molar-refractivity contribution in [2.45, 2.75) is 0 Å². The van der Waals surface area contributed by atoms with Crippen molar-refractivity contribution in [3.05, 3.63) is 44.1 Å². The van der Waals surface area contributed by atoms with Gasteiger partial charge in [-0.1, -0.05) is 11.6 Å². The summed E-state index contributed by atoms with van der Waals surface area (Å²) in [6.45, 7) is 0. The smallest absolute Gasteiger partial charge is 0.358 e. The Bertz CT molecular complexity index is 741. The number of anilines is 1. The van der Waals surface area contributed by atoms with Crippen LogP contribution in [0.15, 0.2) is 18.2 Å². The number of esters is 1. The van der Waals surface area contributed by atoms with Crippen LogP contribution in [0.3, 0.4) is 0 Å². The van der Waals surface area contributed by atoms with Gasteiger partial charge < -0.3 is 10.5 Å². The molecule has 0 radical (unpaired) electrons. The summed E-state index contributed by atoms with van der Waals surface area (Å²) in [5.74, 6) is -2.57.